The number of carboxylic acids is 1. The maximum absolute atomic E-state index is 12.7. The normalized spacial score (nSPS) is 13.3. The van der Waals surface area contributed by atoms with Crippen molar-refractivity contribution in [3.63, 3.8) is 0 Å². The Labute approximate surface area is 180 Å². The van der Waals surface area contributed by atoms with Crippen LogP contribution in [0.5, 0.6) is 5.75 Å². The molecule has 0 aliphatic heterocycles. The number of halogens is 3. The van der Waals surface area contributed by atoms with Crippen LogP contribution in [0.3, 0.4) is 0 Å². The van der Waals surface area contributed by atoms with Gasteiger partial charge >= 0.3 is 12.1 Å². The van der Waals surface area contributed by atoms with Gasteiger partial charge in [0.2, 0.25) is 0 Å². The monoisotopic (exact) mass is 449 g/mol. The molecule has 0 bridgehead atoms. The maximum atomic E-state index is 12.7. The van der Waals surface area contributed by atoms with Gasteiger partial charge in [-0.25, -0.2) is 4.79 Å². The molecule has 5 nitrogen and oxygen atoms in total. The van der Waals surface area contributed by atoms with E-state index in [-0.39, 0.29) is 6.61 Å². The van der Waals surface area contributed by atoms with E-state index in [0.29, 0.717) is 28.5 Å². The Morgan fingerprint density at radius 2 is 1.87 bits per heavy atom. The van der Waals surface area contributed by atoms with Crippen LogP contribution in [-0.4, -0.2) is 22.8 Å². The van der Waals surface area contributed by atoms with E-state index in [4.69, 9.17) is 14.4 Å². The first-order chi connectivity index (χ1) is 14.8. The quantitative estimate of drug-likeness (QED) is 0.473. The first-order valence-corrected chi connectivity index (χ1v) is 10.5. The Hall–Kier alpha value is -2.94. The molecular weight excluding hydrogens is 431 g/mol. The lowest BCUT2D eigenvalue weighted by atomic mass is 10.1. The molecule has 1 heterocycles. The Kier molecular flexibility index (Phi) is 5.95. The molecule has 1 N–H and O–H groups in total. The molecule has 0 atom stereocenters. The summed E-state index contributed by atoms with van der Waals surface area (Å²) in [5, 5.41) is 12.8. The number of alkyl halides is 3. The van der Waals surface area contributed by atoms with E-state index >= 15 is 0 Å². The molecule has 9 heteroatoms. The van der Waals surface area contributed by atoms with Crippen molar-refractivity contribution in [2.75, 3.05) is 6.61 Å². The minimum absolute atomic E-state index is 0.371. The molecule has 0 saturated carbocycles. The van der Waals surface area contributed by atoms with E-state index in [1.54, 1.807) is 23.9 Å². The Balaban J connectivity index is 1.44. The first-order valence-electron chi connectivity index (χ1n) is 9.56. The fourth-order valence-corrected chi connectivity index (χ4v) is 4.54. The number of thioether (sulfide) groups is 1. The number of carbonyl (C=O) groups is 1. The zero-order chi connectivity index (χ0) is 22.0. The van der Waals surface area contributed by atoms with Crippen molar-refractivity contribution in [3.05, 3.63) is 64.9 Å². The molecule has 0 saturated heterocycles. The number of aromatic nitrogens is 1. The standard InChI is InChI=1S/C22H18F3NO4S/c23-22(24,25)14-6-4-13(5-7-14)18-10-15(30-26-18)12-31-20-9-8-19(29-11-21(27)28)16-2-1-3-17(16)20/h4-10H,1-3,11-12H2,(H,27,28). The third-order valence-corrected chi connectivity index (χ3v) is 6.11. The zero-order valence-electron chi connectivity index (χ0n) is 16.2. The third kappa shape index (κ3) is 4.87. The van der Waals surface area contributed by atoms with Crippen LogP contribution >= 0.6 is 11.8 Å². The Bertz CT molecular complexity index is 1090. The summed E-state index contributed by atoms with van der Waals surface area (Å²) in [6.45, 7) is -0.371. The number of nitrogens with zero attached hydrogens (tertiary/aromatic N) is 1. The number of hydrogen-bond donors (Lipinski definition) is 1. The van der Waals surface area contributed by atoms with Gasteiger partial charge in [-0.05, 0) is 54.7 Å². The van der Waals surface area contributed by atoms with Crippen molar-refractivity contribution in [1.29, 1.82) is 0 Å². The topological polar surface area (TPSA) is 72.6 Å². The van der Waals surface area contributed by atoms with Crippen LogP contribution < -0.4 is 4.74 Å². The predicted molar refractivity (Wildman–Crippen MR) is 108 cm³/mol. The van der Waals surface area contributed by atoms with Gasteiger partial charge in [0.15, 0.2) is 6.61 Å². The zero-order valence-corrected chi connectivity index (χ0v) is 17.1. The second kappa shape index (κ2) is 8.66. The highest BCUT2D eigenvalue weighted by atomic mass is 32.2. The molecule has 3 aromatic rings. The number of carboxylic acid groups (broad SMARTS) is 1. The van der Waals surface area contributed by atoms with Crippen LogP contribution in [0.4, 0.5) is 13.2 Å². The summed E-state index contributed by atoms with van der Waals surface area (Å²) in [5.41, 5.74) is 2.53. The molecule has 31 heavy (non-hydrogen) atoms. The maximum Gasteiger partial charge on any atom is 0.416 e. The lowest BCUT2D eigenvalue weighted by Gasteiger charge is -2.12. The molecule has 1 aliphatic carbocycles. The van der Waals surface area contributed by atoms with E-state index in [9.17, 15) is 18.0 Å². The van der Waals surface area contributed by atoms with Crippen LogP contribution in [0.25, 0.3) is 11.3 Å². The highest BCUT2D eigenvalue weighted by molar-refractivity contribution is 7.98. The average molecular weight is 449 g/mol. The first kappa shape index (κ1) is 21.3. The minimum atomic E-state index is -4.38. The smallest absolute Gasteiger partial charge is 0.416 e. The Morgan fingerprint density at radius 3 is 2.58 bits per heavy atom. The molecule has 0 radical (unpaired) electrons. The third-order valence-electron chi connectivity index (χ3n) is 4.99. The van der Waals surface area contributed by atoms with Gasteiger partial charge in [0.05, 0.1) is 11.3 Å². The van der Waals surface area contributed by atoms with E-state index in [1.165, 1.54) is 12.1 Å². The van der Waals surface area contributed by atoms with Crippen LogP contribution in [0.1, 0.15) is 28.9 Å². The van der Waals surface area contributed by atoms with Gasteiger partial charge < -0.3 is 14.4 Å². The van der Waals surface area contributed by atoms with Crippen molar-refractivity contribution >= 4 is 17.7 Å². The number of fused-ring (bicyclic) bond motifs is 1. The molecule has 0 fully saturated rings. The van der Waals surface area contributed by atoms with E-state index < -0.39 is 17.7 Å². The summed E-state index contributed by atoms with van der Waals surface area (Å²) in [4.78, 5) is 11.8. The molecule has 0 spiro atoms. The molecule has 1 aliphatic rings. The van der Waals surface area contributed by atoms with E-state index in [2.05, 4.69) is 5.16 Å². The van der Waals surface area contributed by atoms with E-state index in [0.717, 1.165) is 47.4 Å². The van der Waals surface area contributed by atoms with Crippen molar-refractivity contribution in [1.82, 2.24) is 5.16 Å². The summed E-state index contributed by atoms with van der Waals surface area (Å²) >= 11 is 1.57. The van der Waals surface area contributed by atoms with Crippen molar-refractivity contribution in [3.8, 4) is 17.0 Å². The van der Waals surface area contributed by atoms with Gasteiger partial charge in [0.1, 0.15) is 17.2 Å². The highest BCUT2D eigenvalue weighted by Crippen LogP contribution is 2.39. The van der Waals surface area contributed by atoms with Gasteiger partial charge in [-0.2, -0.15) is 13.2 Å². The van der Waals surface area contributed by atoms with Crippen LogP contribution in [0, 0.1) is 0 Å². The van der Waals surface area contributed by atoms with Crippen molar-refractivity contribution in [2.45, 2.75) is 36.1 Å². The van der Waals surface area contributed by atoms with Crippen molar-refractivity contribution < 1.29 is 32.3 Å². The minimum Gasteiger partial charge on any atom is -0.482 e. The molecule has 4 rings (SSSR count). The second-order valence-corrected chi connectivity index (χ2v) is 8.11. The second-order valence-electron chi connectivity index (χ2n) is 7.10. The van der Waals surface area contributed by atoms with Crippen molar-refractivity contribution in [2.24, 2.45) is 0 Å². The SMILES string of the molecule is O=C(O)COc1ccc(SCc2cc(-c3ccc(C(F)(F)F)cc3)no2)c2c1CCC2. The van der Waals surface area contributed by atoms with Gasteiger partial charge in [0, 0.05) is 16.5 Å². The summed E-state index contributed by atoms with van der Waals surface area (Å²) in [5.74, 6) is 0.718. The summed E-state index contributed by atoms with van der Waals surface area (Å²) in [7, 11) is 0. The Morgan fingerprint density at radius 1 is 1.13 bits per heavy atom. The molecule has 0 amide bonds. The summed E-state index contributed by atoms with van der Waals surface area (Å²) in [6.07, 6.45) is -1.65. The molecule has 0 unspecified atom stereocenters. The average Bonchev–Trinajstić information content (AvgIpc) is 3.40. The van der Waals surface area contributed by atoms with Crippen LogP contribution in [0.15, 0.2) is 51.9 Å². The molecule has 162 valence electrons. The largest absolute Gasteiger partial charge is 0.482 e. The van der Waals surface area contributed by atoms with Gasteiger partial charge in [-0.15, -0.1) is 11.8 Å². The van der Waals surface area contributed by atoms with Crippen LogP contribution in [-0.2, 0) is 29.6 Å². The number of benzene rings is 2. The van der Waals surface area contributed by atoms with E-state index in [1.807, 2.05) is 6.07 Å². The lowest BCUT2D eigenvalue weighted by Crippen LogP contribution is -2.10. The molecular formula is C22H18F3NO4S. The number of hydrogen-bond acceptors (Lipinski definition) is 5. The lowest BCUT2D eigenvalue weighted by molar-refractivity contribution is -0.139. The van der Waals surface area contributed by atoms with Gasteiger partial charge in [-0.3, -0.25) is 0 Å². The summed E-state index contributed by atoms with van der Waals surface area (Å²) < 4.78 is 48.9. The fraction of sp³-hybridized carbons (Fsp3) is 0.273. The number of aliphatic carboxylic acids is 1. The van der Waals surface area contributed by atoms with Crippen LogP contribution in [0.2, 0.25) is 0 Å². The fourth-order valence-electron chi connectivity index (χ4n) is 3.55. The predicted octanol–water partition coefficient (Wildman–Crippen LogP) is 5.60. The molecule has 1 aromatic heterocycles. The molecule has 2 aromatic carbocycles. The number of rotatable bonds is 7. The van der Waals surface area contributed by atoms with Gasteiger partial charge in [0.25, 0.3) is 0 Å². The highest BCUT2D eigenvalue weighted by Gasteiger charge is 2.30. The van der Waals surface area contributed by atoms with Gasteiger partial charge in [-0.1, -0.05) is 17.3 Å². The summed E-state index contributed by atoms with van der Waals surface area (Å²) in [6, 6.07) is 10.2. The number of ether oxygens (including phenoxy) is 1.